The fourth-order valence-electron chi connectivity index (χ4n) is 3.40. The van der Waals surface area contributed by atoms with Gasteiger partial charge in [0.2, 0.25) is 11.8 Å². The Hall–Kier alpha value is -2.99. The maximum absolute atomic E-state index is 11.9. The summed E-state index contributed by atoms with van der Waals surface area (Å²) in [6.07, 6.45) is 1.20. The Morgan fingerprint density at radius 2 is 1.85 bits per heavy atom. The normalized spacial score (nSPS) is 17.0. The number of aromatic nitrogens is 2. The van der Waals surface area contributed by atoms with Crippen molar-refractivity contribution in [1.82, 2.24) is 15.0 Å². The van der Waals surface area contributed by atoms with E-state index < -0.39 is 0 Å². The second-order valence-electron chi connectivity index (χ2n) is 6.56. The van der Waals surface area contributed by atoms with E-state index in [-0.39, 0.29) is 11.9 Å². The number of nitrogens with zero attached hydrogens (tertiary/aromatic N) is 3. The van der Waals surface area contributed by atoms with Gasteiger partial charge in [-0.05, 0) is 23.1 Å². The molecule has 1 amide bonds. The van der Waals surface area contributed by atoms with E-state index in [0.29, 0.717) is 37.6 Å². The number of hydrogen-bond donors (Lipinski definition) is 1. The highest BCUT2D eigenvalue weighted by Gasteiger charge is 2.30. The predicted molar refractivity (Wildman–Crippen MR) is 95.9 cm³/mol. The Balaban J connectivity index is 1.50. The summed E-state index contributed by atoms with van der Waals surface area (Å²) in [6, 6.07) is 17.7. The number of benzene rings is 2. The molecule has 1 aromatic heterocycles. The Bertz CT molecular complexity index is 907. The Morgan fingerprint density at radius 3 is 2.62 bits per heavy atom. The van der Waals surface area contributed by atoms with Crippen molar-refractivity contribution in [3.8, 4) is 0 Å². The van der Waals surface area contributed by atoms with Crippen molar-refractivity contribution in [3.05, 3.63) is 83.0 Å². The van der Waals surface area contributed by atoms with E-state index >= 15 is 0 Å². The summed E-state index contributed by atoms with van der Waals surface area (Å²) >= 11 is 0. The largest absolute Gasteiger partial charge is 0.368 e. The SMILES string of the molecule is NC(=O)[C@@H]1Cc2ccccc2CN1Cc1noc(Cc2ccccc2)n1. The summed E-state index contributed by atoms with van der Waals surface area (Å²) in [5.41, 5.74) is 9.12. The van der Waals surface area contributed by atoms with Crippen LogP contribution >= 0.6 is 0 Å². The summed E-state index contributed by atoms with van der Waals surface area (Å²) in [6.45, 7) is 1.08. The lowest BCUT2D eigenvalue weighted by atomic mass is 9.93. The van der Waals surface area contributed by atoms with Gasteiger partial charge in [0.05, 0.1) is 19.0 Å². The summed E-state index contributed by atoms with van der Waals surface area (Å²) in [7, 11) is 0. The molecule has 6 nitrogen and oxygen atoms in total. The molecule has 0 saturated carbocycles. The monoisotopic (exact) mass is 348 g/mol. The molecule has 0 spiro atoms. The van der Waals surface area contributed by atoms with Crippen molar-refractivity contribution >= 4 is 5.91 Å². The average molecular weight is 348 g/mol. The maximum atomic E-state index is 11.9. The molecule has 132 valence electrons. The molecule has 0 fully saturated rings. The first-order valence-electron chi connectivity index (χ1n) is 8.64. The molecule has 4 rings (SSSR count). The summed E-state index contributed by atoms with van der Waals surface area (Å²) in [5, 5.41) is 4.08. The summed E-state index contributed by atoms with van der Waals surface area (Å²) < 4.78 is 5.37. The molecule has 2 N–H and O–H groups in total. The number of carbonyl (C=O) groups is 1. The van der Waals surface area contributed by atoms with Crippen molar-refractivity contribution in [2.75, 3.05) is 0 Å². The molecule has 3 aromatic rings. The molecule has 0 radical (unpaired) electrons. The number of fused-ring (bicyclic) bond motifs is 1. The lowest BCUT2D eigenvalue weighted by molar-refractivity contribution is -0.124. The zero-order valence-electron chi connectivity index (χ0n) is 14.3. The van der Waals surface area contributed by atoms with Gasteiger partial charge in [0.1, 0.15) is 0 Å². The van der Waals surface area contributed by atoms with Crippen molar-refractivity contribution < 1.29 is 9.32 Å². The zero-order valence-corrected chi connectivity index (χ0v) is 14.3. The van der Waals surface area contributed by atoms with Gasteiger partial charge in [0.25, 0.3) is 0 Å². The Kier molecular flexibility index (Phi) is 4.50. The first-order chi connectivity index (χ1) is 12.7. The Morgan fingerprint density at radius 1 is 1.12 bits per heavy atom. The lowest BCUT2D eigenvalue weighted by Gasteiger charge is -2.34. The highest BCUT2D eigenvalue weighted by Crippen LogP contribution is 2.24. The van der Waals surface area contributed by atoms with Crippen LogP contribution in [-0.4, -0.2) is 27.0 Å². The van der Waals surface area contributed by atoms with Gasteiger partial charge in [-0.3, -0.25) is 9.69 Å². The smallest absolute Gasteiger partial charge is 0.235 e. The number of carbonyl (C=O) groups excluding carboxylic acids is 1. The van der Waals surface area contributed by atoms with Gasteiger partial charge < -0.3 is 10.3 Å². The van der Waals surface area contributed by atoms with Crippen molar-refractivity contribution in [2.24, 2.45) is 5.73 Å². The molecular formula is C20H20N4O2. The zero-order chi connectivity index (χ0) is 17.9. The van der Waals surface area contributed by atoms with Crippen LogP contribution in [0.25, 0.3) is 0 Å². The van der Waals surface area contributed by atoms with Crippen LogP contribution in [0.3, 0.4) is 0 Å². The molecule has 6 heteroatoms. The lowest BCUT2D eigenvalue weighted by Crippen LogP contribution is -2.48. The molecule has 0 saturated heterocycles. The first kappa shape index (κ1) is 16.5. The van der Waals surface area contributed by atoms with Crippen LogP contribution in [0.2, 0.25) is 0 Å². The van der Waals surface area contributed by atoms with E-state index in [4.69, 9.17) is 10.3 Å². The minimum absolute atomic E-state index is 0.326. The highest BCUT2D eigenvalue weighted by atomic mass is 16.5. The van der Waals surface area contributed by atoms with E-state index in [0.717, 1.165) is 5.56 Å². The van der Waals surface area contributed by atoms with Crippen LogP contribution in [0, 0.1) is 0 Å². The van der Waals surface area contributed by atoms with Gasteiger partial charge in [-0.1, -0.05) is 59.8 Å². The van der Waals surface area contributed by atoms with Crippen molar-refractivity contribution in [1.29, 1.82) is 0 Å². The highest BCUT2D eigenvalue weighted by molar-refractivity contribution is 5.80. The first-order valence-corrected chi connectivity index (χ1v) is 8.64. The van der Waals surface area contributed by atoms with E-state index in [1.54, 1.807) is 0 Å². The minimum atomic E-state index is -0.360. The molecule has 0 aliphatic carbocycles. The molecular weight excluding hydrogens is 328 g/mol. The van der Waals surface area contributed by atoms with Gasteiger partial charge in [-0.15, -0.1) is 0 Å². The van der Waals surface area contributed by atoms with Gasteiger partial charge in [0.15, 0.2) is 5.82 Å². The second-order valence-corrected chi connectivity index (χ2v) is 6.56. The number of amides is 1. The van der Waals surface area contributed by atoms with Gasteiger partial charge in [0, 0.05) is 6.54 Å². The Labute approximate surface area is 151 Å². The van der Waals surface area contributed by atoms with Crippen LogP contribution in [0.4, 0.5) is 0 Å². The van der Waals surface area contributed by atoms with Gasteiger partial charge in [-0.2, -0.15) is 4.98 Å². The van der Waals surface area contributed by atoms with Crippen LogP contribution in [0.15, 0.2) is 59.1 Å². The van der Waals surface area contributed by atoms with Crippen LogP contribution in [-0.2, 0) is 30.7 Å². The van der Waals surface area contributed by atoms with E-state index in [2.05, 4.69) is 22.3 Å². The molecule has 1 aliphatic rings. The molecule has 1 atom stereocenters. The molecule has 2 heterocycles. The van der Waals surface area contributed by atoms with E-state index in [9.17, 15) is 4.79 Å². The third kappa shape index (κ3) is 3.50. The van der Waals surface area contributed by atoms with E-state index in [1.165, 1.54) is 11.1 Å². The predicted octanol–water partition coefficient (Wildman–Crippen LogP) is 2.07. The average Bonchev–Trinajstić information content (AvgIpc) is 3.08. The second kappa shape index (κ2) is 7.09. The van der Waals surface area contributed by atoms with Crippen molar-refractivity contribution in [3.63, 3.8) is 0 Å². The maximum Gasteiger partial charge on any atom is 0.235 e. The number of primary amides is 1. The summed E-state index contributed by atoms with van der Waals surface area (Å²) in [4.78, 5) is 18.4. The molecule has 2 aromatic carbocycles. The van der Waals surface area contributed by atoms with Gasteiger partial charge in [-0.25, -0.2) is 0 Å². The molecule has 0 unspecified atom stereocenters. The topological polar surface area (TPSA) is 85.3 Å². The summed E-state index contributed by atoms with van der Waals surface area (Å²) in [5.74, 6) is 0.813. The molecule has 1 aliphatic heterocycles. The van der Waals surface area contributed by atoms with Gasteiger partial charge >= 0.3 is 0 Å². The van der Waals surface area contributed by atoms with Crippen LogP contribution < -0.4 is 5.73 Å². The molecule has 26 heavy (non-hydrogen) atoms. The van der Waals surface area contributed by atoms with Crippen LogP contribution in [0.5, 0.6) is 0 Å². The number of nitrogens with two attached hydrogens (primary N) is 1. The van der Waals surface area contributed by atoms with E-state index in [1.807, 2.05) is 47.4 Å². The van der Waals surface area contributed by atoms with Crippen LogP contribution in [0.1, 0.15) is 28.4 Å². The quantitative estimate of drug-likeness (QED) is 0.763. The van der Waals surface area contributed by atoms with Crippen molar-refractivity contribution in [2.45, 2.75) is 32.0 Å². The standard InChI is InChI=1S/C20H20N4O2/c21-20(25)17-11-15-8-4-5-9-16(15)12-24(17)13-18-22-19(26-23-18)10-14-6-2-1-3-7-14/h1-9,17H,10-13H2,(H2,21,25)/t17-/m0/s1. The minimum Gasteiger partial charge on any atom is -0.368 e. The number of hydrogen-bond acceptors (Lipinski definition) is 5. The number of rotatable bonds is 5. The fraction of sp³-hybridized carbons (Fsp3) is 0.250. The third-order valence-electron chi connectivity index (χ3n) is 4.73. The third-order valence-corrected chi connectivity index (χ3v) is 4.73. The molecule has 0 bridgehead atoms. The fourth-order valence-corrected chi connectivity index (χ4v) is 3.40.